The van der Waals surface area contributed by atoms with Crippen molar-refractivity contribution in [1.82, 2.24) is 15.2 Å². The van der Waals surface area contributed by atoms with E-state index in [-0.39, 0.29) is 41.0 Å². The predicted molar refractivity (Wildman–Crippen MR) is 126 cm³/mol. The highest BCUT2D eigenvalue weighted by atomic mass is 127. The van der Waals surface area contributed by atoms with Gasteiger partial charge in [0.05, 0.1) is 17.8 Å². The summed E-state index contributed by atoms with van der Waals surface area (Å²) < 4.78 is 18.8. The fraction of sp³-hybridized carbons (Fsp3) is 0.500. The predicted octanol–water partition coefficient (Wildman–Crippen LogP) is 4.46. The van der Waals surface area contributed by atoms with Crippen molar-refractivity contribution in [2.24, 2.45) is 4.99 Å². The highest BCUT2D eigenvalue weighted by molar-refractivity contribution is 14.0. The molecule has 28 heavy (non-hydrogen) atoms. The van der Waals surface area contributed by atoms with Gasteiger partial charge in [0.25, 0.3) is 0 Å². The summed E-state index contributed by atoms with van der Waals surface area (Å²) in [6, 6.07) is 4.99. The molecular weight excluding hydrogens is 490 g/mol. The molecule has 0 saturated carbocycles. The van der Waals surface area contributed by atoms with Gasteiger partial charge in [-0.25, -0.2) is 9.37 Å². The third-order valence-corrected chi connectivity index (χ3v) is 5.06. The molecule has 0 spiro atoms. The lowest BCUT2D eigenvalue weighted by molar-refractivity contribution is 0.385. The zero-order valence-corrected chi connectivity index (χ0v) is 20.5. The van der Waals surface area contributed by atoms with Crippen LogP contribution in [0.15, 0.2) is 28.6 Å². The Kier molecular flexibility index (Phi) is 9.62. The summed E-state index contributed by atoms with van der Waals surface area (Å²) in [7, 11) is 5.13. The number of halogens is 2. The maximum atomic E-state index is 13.9. The minimum absolute atomic E-state index is 0. The number of methoxy groups -OCH3 is 1. The maximum Gasteiger partial charge on any atom is 0.193 e. The largest absolute Gasteiger partial charge is 0.494 e. The monoisotopic (exact) mass is 520 g/mol. The molecule has 0 atom stereocenters. The lowest BCUT2D eigenvalue weighted by Crippen LogP contribution is -2.39. The summed E-state index contributed by atoms with van der Waals surface area (Å²) in [4.78, 5) is 11.0. The van der Waals surface area contributed by atoms with Crippen LogP contribution in [0.3, 0.4) is 0 Å². The standard InChI is InChI=1S/C20H29FN4OS.HI/c1-20(2,3)17-13-27-18(24-17)9-10-23-19(22-4)25(5)12-14-7-8-16(26-6)15(21)11-14;/h7-8,11,13H,9-10,12H2,1-6H3,(H,22,23);1H. The first kappa shape index (κ1) is 24.6. The number of hydrogen-bond acceptors (Lipinski definition) is 4. The van der Waals surface area contributed by atoms with Gasteiger partial charge in [-0.15, -0.1) is 35.3 Å². The van der Waals surface area contributed by atoms with Gasteiger partial charge < -0.3 is 15.0 Å². The Hall–Kier alpha value is -1.42. The number of guanidine groups is 1. The second kappa shape index (κ2) is 10.9. The summed E-state index contributed by atoms with van der Waals surface area (Å²) in [6.07, 6.45) is 0.838. The van der Waals surface area contributed by atoms with Crippen LogP contribution in [0.4, 0.5) is 4.39 Å². The third kappa shape index (κ3) is 6.88. The third-order valence-electron chi connectivity index (χ3n) is 4.15. The van der Waals surface area contributed by atoms with Crippen LogP contribution in [0.2, 0.25) is 0 Å². The normalized spacial score (nSPS) is 11.8. The van der Waals surface area contributed by atoms with Crippen molar-refractivity contribution in [3.63, 3.8) is 0 Å². The molecule has 0 aliphatic rings. The first-order valence-corrected chi connectivity index (χ1v) is 9.81. The van der Waals surface area contributed by atoms with Crippen LogP contribution in [-0.2, 0) is 18.4 Å². The Morgan fingerprint density at radius 1 is 1.36 bits per heavy atom. The van der Waals surface area contributed by atoms with Gasteiger partial charge in [0, 0.05) is 44.4 Å². The van der Waals surface area contributed by atoms with Crippen LogP contribution in [0.1, 0.15) is 37.0 Å². The molecule has 0 unspecified atom stereocenters. The summed E-state index contributed by atoms with van der Waals surface area (Å²) >= 11 is 1.69. The number of rotatable bonds is 6. The van der Waals surface area contributed by atoms with E-state index in [1.807, 2.05) is 18.0 Å². The quantitative estimate of drug-likeness (QED) is 0.347. The number of nitrogens with one attached hydrogen (secondary N) is 1. The van der Waals surface area contributed by atoms with E-state index in [0.29, 0.717) is 6.54 Å². The fourth-order valence-corrected chi connectivity index (χ4v) is 3.62. The summed E-state index contributed by atoms with van der Waals surface area (Å²) in [5, 5.41) is 6.59. The van der Waals surface area contributed by atoms with E-state index in [1.54, 1.807) is 24.5 Å². The molecule has 2 rings (SSSR count). The zero-order valence-electron chi connectivity index (χ0n) is 17.4. The van der Waals surface area contributed by atoms with Gasteiger partial charge in [-0.1, -0.05) is 26.8 Å². The highest BCUT2D eigenvalue weighted by Crippen LogP contribution is 2.24. The number of ether oxygens (including phenoxy) is 1. The smallest absolute Gasteiger partial charge is 0.193 e. The Morgan fingerprint density at radius 2 is 2.07 bits per heavy atom. The number of nitrogens with zero attached hydrogens (tertiary/aromatic N) is 3. The number of thiazole rings is 1. The van der Waals surface area contributed by atoms with Crippen molar-refractivity contribution in [2.75, 3.05) is 27.7 Å². The summed E-state index contributed by atoms with van der Waals surface area (Å²) in [5.74, 6) is 0.658. The van der Waals surface area contributed by atoms with Crippen LogP contribution in [-0.4, -0.2) is 43.6 Å². The molecule has 0 aliphatic carbocycles. The van der Waals surface area contributed by atoms with Crippen LogP contribution >= 0.6 is 35.3 Å². The number of aliphatic imine (C=N–C) groups is 1. The second-order valence-electron chi connectivity index (χ2n) is 7.43. The van der Waals surface area contributed by atoms with E-state index in [0.717, 1.165) is 35.2 Å². The molecule has 5 nitrogen and oxygen atoms in total. The van der Waals surface area contributed by atoms with Gasteiger partial charge in [0.2, 0.25) is 0 Å². The maximum absolute atomic E-state index is 13.9. The average Bonchev–Trinajstić information content (AvgIpc) is 3.08. The second-order valence-corrected chi connectivity index (χ2v) is 8.37. The van der Waals surface area contributed by atoms with E-state index in [1.165, 1.54) is 13.2 Å². The molecular formula is C20H30FIN4OS. The van der Waals surface area contributed by atoms with Crippen LogP contribution in [0.25, 0.3) is 0 Å². The Bertz CT molecular complexity index is 789. The molecule has 0 bridgehead atoms. The molecule has 1 aromatic carbocycles. The fourth-order valence-electron chi connectivity index (χ4n) is 2.59. The molecule has 0 aliphatic heterocycles. The van der Waals surface area contributed by atoms with Crippen molar-refractivity contribution < 1.29 is 9.13 Å². The minimum atomic E-state index is -0.357. The first-order chi connectivity index (χ1) is 12.7. The Morgan fingerprint density at radius 3 is 2.61 bits per heavy atom. The van der Waals surface area contributed by atoms with Crippen molar-refractivity contribution in [3.05, 3.63) is 45.7 Å². The van der Waals surface area contributed by atoms with Crippen LogP contribution in [0, 0.1) is 5.82 Å². The van der Waals surface area contributed by atoms with Gasteiger partial charge in [-0.2, -0.15) is 0 Å². The SMILES string of the molecule is CN=C(NCCc1nc(C(C)(C)C)cs1)N(C)Cc1ccc(OC)c(F)c1.I. The summed E-state index contributed by atoms with van der Waals surface area (Å²) in [6.45, 7) is 7.80. The van der Waals surface area contributed by atoms with E-state index >= 15 is 0 Å². The van der Waals surface area contributed by atoms with Gasteiger partial charge in [0.1, 0.15) is 0 Å². The number of benzene rings is 1. The van der Waals surface area contributed by atoms with E-state index in [4.69, 9.17) is 9.72 Å². The number of hydrogen-bond donors (Lipinski definition) is 1. The average molecular weight is 520 g/mol. The lowest BCUT2D eigenvalue weighted by atomic mass is 9.93. The lowest BCUT2D eigenvalue weighted by Gasteiger charge is -2.22. The molecule has 2 aromatic rings. The molecule has 156 valence electrons. The van der Waals surface area contributed by atoms with Gasteiger partial charge in [0.15, 0.2) is 17.5 Å². The van der Waals surface area contributed by atoms with E-state index in [9.17, 15) is 4.39 Å². The van der Waals surface area contributed by atoms with E-state index < -0.39 is 0 Å². The molecule has 0 radical (unpaired) electrons. The van der Waals surface area contributed by atoms with Crippen molar-refractivity contribution >= 4 is 41.3 Å². The van der Waals surface area contributed by atoms with Crippen molar-refractivity contribution in [1.29, 1.82) is 0 Å². The summed E-state index contributed by atoms with van der Waals surface area (Å²) in [5.41, 5.74) is 2.06. The van der Waals surface area contributed by atoms with Crippen molar-refractivity contribution in [2.45, 2.75) is 39.2 Å². The highest BCUT2D eigenvalue weighted by Gasteiger charge is 2.17. The molecule has 0 saturated heterocycles. The van der Waals surface area contributed by atoms with Gasteiger partial charge >= 0.3 is 0 Å². The van der Waals surface area contributed by atoms with Crippen LogP contribution in [0.5, 0.6) is 5.75 Å². The Labute approximate surface area is 188 Å². The molecule has 8 heteroatoms. The number of aromatic nitrogens is 1. The van der Waals surface area contributed by atoms with Crippen LogP contribution < -0.4 is 10.1 Å². The van der Waals surface area contributed by atoms with Gasteiger partial charge in [-0.05, 0) is 17.7 Å². The van der Waals surface area contributed by atoms with Gasteiger partial charge in [-0.3, -0.25) is 4.99 Å². The first-order valence-electron chi connectivity index (χ1n) is 8.93. The Balaban J connectivity index is 0.00000392. The molecule has 1 aromatic heterocycles. The van der Waals surface area contributed by atoms with Crippen molar-refractivity contribution in [3.8, 4) is 5.75 Å². The molecule has 1 heterocycles. The molecule has 0 fully saturated rings. The zero-order chi connectivity index (χ0) is 20.0. The topological polar surface area (TPSA) is 49.8 Å². The molecule has 1 N–H and O–H groups in total. The van der Waals surface area contributed by atoms with E-state index in [2.05, 4.69) is 36.5 Å². The molecule has 0 amide bonds. The minimum Gasteiger partial charge on any atom is -0.494 e.